The summed E-state index contributed by atoms with van der Waals surface area (Å²) >= 11 is 0. The number of phenolic OH excluding ortho intramolecular Hbond substituents is 1. The molecule has 4 nitrogen and oxygen atoms in total. The lowest BCUT2D eigenvalue weighted by atomic mass is 10.1. The molecule has 0 saturated heterocycles. The summed E-state index contributed by atoms with van der Waals surface area (Å²) in [5.41, 5.74) is 6.75. The number of aryl methyl sites for hydroxylation is 1. The second-order valence-electron chi connectivity index (χ2n) is 2.78. The standard InChI is InChI=1S/C9H11NO3/c10-8-3-2-7(11)5-6(8)1-4-9(12)13/h2-3,5,11H,1,4,10H2,(H,12,13). The number of benzene rings is 1. The van der Waals surface area contributed by atoms with Gasteiger partial charge in [-0.3, -0.25) is 4.79 Å². The normalized spacial score (nSPS) is 9.85. The number of aromatic hydroxyl groups is 1. The third kappa shape index (κ3) is 2.66. The van der Waals surface area contributed by atoms with Gasteiger partial charge in [-0.25, -0.2) is 0 Å². The van der Waals surface area contributed by atoms with Crippen molar-refractivity contribution < 1.29 is 15.0 Å². The van der Waals surface area contributed by atoms with Crippen molar-refractivity contribution in [1.29, 1.82) is 0 Å². The van der Waals surface area contributed by atoms with E-state index in [9.17, 15) is 4.79 Å². The van der Waals surface area contributed by atoms with Gasteiger partial charge < -0.3 is 15.9 Å². The number of nitrogen functional groups attached to an aromatic ring is 1. The van der Waals surface area contributed by atoms with Gasteiger partial charge in [0.2, 0.25) is 0 Å². The molecule has 1 aromatic rings. The maximum atomic E-state index is 10.3. The van der Waals surface area contributed by atoms with E-state index in [0.29, 0.717) is 17.7 Å². The Bertz CT molecular complexity index is 323. The van der Waals surface area contributed by atoms with Crippen molar-refractivity contribution >= 4 is 11.7 Å². The molecule has 0 aliphatic heterocycles. The lowest BCUT2D eigenvalue weighted by Gasteiger charge is -2.03. The minimum absolute atomic E-state index is 0.0215. The predicted molar refractivity (Wildman–Crippen MR) is 48.5 cm³/mol. The molecule has 0 atom stereocenters. The highest BCUT2D eigenvalue weighted by Gasteiger charge is 2.03. The van der Waals surface area contributed by atoms with Crippen LogP contribution in [0.5, 0.6) is 5.75 Å². The first-order chi connectivity index (χ1) is 6.09. The number of carbonyl (C=O) groups is 1. The average Bonchev–Trinajstić information content (AvgIpc) is 2.06. The monoisotopic (exact) mass is 181 g/mol. The second-order valence-corrected chi connectivity index (χ2v) is 2.78. The zero-order valence-electron chi connectivity index (χ0n) is 7.03. The minimum atomic E-state index is -0.872. The molecule has 0 amide bonds. The Balaban J connectivity index is 2.75. The van der Waals surface area contributed by atoms with Gasteiger partial charge in [0.15, 0.2) is 0 Å². The fraction of sp³-hybridized carbons (Fsp3) is 0.222. The zero-order chi connectivity index (χ0) is 9.84. The van der Waals surface area contributed by atoms with Crippen LogP contribution < -0.4 is 5.73 Å². The molecule has 0 saturated carbocycles. The van der Waals surface area contributed by atoms with Crippen LogP contribution in [-0.4, -0.2) is 16.2 Å². The Labute approximate surface area is 75.6 Å². The SMILES string of the molecule is Nc1ccc(O)cc1CCC(=O)O. The first-order valence-corrected chi connectivity index (χ1v) is 3.89. The molecule has 4 N–H and O–H groups in total. The summed E-state index contributed by atoms with van der Waals surface area (Å²) < 4.78 is 0. The van der Waals surface area contributed by atoms with E-state index in [2.05, 4.69) is 0 Å². The topological polar surface area (TPSA) is 83.5 Å². The van der Waals surface area contributed by atoms with Crippen molar-refractivity contribution in [3.05, 3.63) is 23.8 Å². The van der Waals surface area contributed by atoms with Gasteiger partial charge in [-0.2, -0.15) is 0 Å². The molecule has 1 rings (SSSR count). The molecular weight excluding hydrogens is 170 g/mol. The number of nitrogens with two attached hydrogens (primary N) is 1. The molecule has 0 aromatic heterocycles. The number of hydrogen-bond donors (Lipinski definition) is 3. The van der Waals surface area contributed by atoms with Crippen LogP contribution >= 0.6 is 0 Å². The molecule has 0 aliphatic rings. The van der Waals surface area contributed by atoms with E-state index >= 15 is 0 Å². The summed E-state index contributed by atoms with van der Waals surface area (Å²) in [6.07, 6.45) is 0.364. The van der Waals surface area contributed by atoms with Gasteiger partial charge in [0, 0.05) is 12.1 Å². The number of aliphatic carboxylic acids is 1. The smallest absolute Gasteiger partial charge is 0.303 e. The largest absolute Gasteiger partial charge is 0.508 e. The lowest BCUT2D eigenvalue weighted by molar-refractivity contribution is -0.136. The quantitative estimate of drug-likeness (QED) is 0.479. The Kier molecular flexibility index (Phi) is 2.74. The molecule has 0 unspecified atom stereocenters. The first kappa shape index (κ1) is 9.38. The maximum absolute atomic E-state index is 10.3. The summed E-state index contributed by atoms with van der Waals surface area (Å²) in [4.78, 5) is 10.3. The number of rotatable bonds is 3. The van der Waals surface area contributed by atoms with Crippen molar-refractivity contribution in [2.75, 3.05) is 5.73 Å². The van der Waals surface area contributed by atoms with Gasteiger partial charge in [0.1, 0.15) is 5.75 Å². The molecule has 0 fully saturated rings. The van der Waals surface area contributed by atoms with Gasteiger partial charge in [0.25, 0.3) is 0 Å². The van der Waals surface area contributed by atoms with Crippen molar-refractivity contribution in [3.8, 4) is 5.75 Å². The van der Waals surface area contributed by atoms with E-state index in [0.717, 1.165) is 0 Å². The average molecular weight is 181 g/mol. The van der Waals surface area contributed by atoms with Crippen LogP contribution in [0.2, 0.25) is 0 Å². The molecule has 70 valence electrons. The molecule has 0 bridgehead atoms. The number of hydrogen-bond acceptors (Lipinski definition) is 3. The molecule has 4 heteroatoms. The van der Waals surface area contributed by atoms with E-state index < -0.39 is 5.97 Å². The molecule has 0 heterocycles. The Morgan fingerprint density at radius 3 is 2.77 bits per heavy atom. The van der Waals surface area contributed by atoms with Crippen LogP contribution in [0.1, 0.15) is 12.0 Å². The molecular formula is C9H11NO3. The number of carboxylic acid groups (broad SMARTS) is 1. The van der Waals surface area contributed by atoms with E-state index in [4.69, 9.17) is 15.9 Å². The van der Waals surface area contributed by atoms with E-state index in [1.807, 2.05) is 0 Å². The van der Waals surface area contributed by atoms with Crippen LogP contribution in [0, 0.1) is 0 Å². The number of phenols is 1. The van der Waals surface area contributed by atoms with Crippen molar-refractivity contribution in [2.24, 2.45) is 0 Å². The summed E-state index contributed by atoms with van der Waals surface area (Å²) in [6.45, 7) is 0. The minimum Gasteiger partial charge on any atom is -0.508 e. The lowest BCUT2D eigenvalue weighted by Crippen LogP contribution is -2.00. The first-order valence-electron chi connectivity index (χ1n) is 3.89. The zero-order valence-corrected chi connectivity index (χ0v) is 7.03. The summed E-state index contributed by atoms with van der Waals surface area (Å²) in [5.74, 6) is -0.766. The maximum Gasteiger partial charge on any atom is 0.303 e. The van der Waals surface area contributed by atoms with Crippen LogP contribution in [0.25, 0.3) is 0 Å². The van der Waals surface area contributed by atoms with Crippen LogP contribution in [0.4, 0.5) is 5.69 Å². The highest BCUT2D eigenvalue weighted by Crippen LogP contribution is 2.19. The van der Waals surface area contributed by atoms with Gasteiger partial charge in [-0.05, 0) is 30.2 Å². The Morgan fingerprint density at radius 1 is 1.46 bits per heavy atom. The van der Waals surface area contributed by atoms with Gasteiger partial charge in [0.05, 0.1) is 0 Å². The van der Waals surface area contributed by atoms with Gasteiger partial charge >= 0.3 is 5.97 Å². The van der Waals surface area contributed by atoms with Crippen molar-refractivity contribution in [2.45, 2.75) is 12.8 Å². The van der Waals surface area contributed by atoms with E-state index in [-0.39, 0.29) is 12.2 Å². The molecule has 1 aromatic carbocycles. The number of anilines is 1. The molecule has 0 spiro atoms. The molecule has 13 heavy (non-hydrogen) atoms. The highest BCUT2D eigenvalue weighted by atomic mass is 16.4. The summed E-state index contributed by atoms with van der Waals surface area (Å²) in [5, 5.41) is 17.5. The third-order valence-electron chi connectivity index (χ3n) is 1.73. The molecule has 0 radical (unpaired) electrons. The van der Waals surface area contributed by atoms with Crippen LogP contribution in [0.15, 0.2) is 18.2 Å². The van der Waals surface area contributed by atoms with Crippen LogP contribution in [-0.2, 0) is 11.2 Å². The van der Waals surface area contributed by atoms with Crippen molar-refractivity contribution in [3.63, 3.8) is 0 Å². The Hall–Kier alpha value is -1.71. The van der Waals surface area contributed by atoms with E-state index in [1.165, 1.54) is 12.1 Å². The fourth-order valence-electron chi connectivity index (χ4n) is 1.05. The second kappa shape index (κ2) is 3.80. The molecule has 0 aliphatic carbocycles. The third-order valence-corrected chi connectivity index (χ3v) is 1.73. The summed E-state index contributed by atoms with van der Waals surface area (Å²) in [6, 6.07) is 4.52. The van der Waals surface area contributed by atoms with E-state index in [1.54, 1.807) is 6.07 Å². The Morgan fingerprint density at radius 2 is 2.15 bits per heavy atom. The van der Waals surface area contributed by atoms with Gasteiger partial charge in [-0.15, -0.1) is 0 Å². The predicted octanol–water partition coefficient (Wildman–Crippen LogP) is 0.992. The fourth-order valence-corrected chi connectivity index (χ4v) is 1.05. The van der Waals surface area contributed by atoms with Crippen LogP contribution in [0.3, 0.4) is 0 Å². The van der Waals surface area contributed by atoms with Gasteiger partial charge in [-0.1, -0.05) is 0 Å². The highest BCUT2D eigenvalue weighted by molar-refractivity contribution is 5.67. The van der Waals surface area contributed by atoms with Crippen molar-refractivity contribution in [1.82, 2.24) is 0 Å². The summed E-state index contributed by atoms with van der Waals surface area (Å²) in [7, 11) is 0. The number of carboxylic acids is 1.